The molecule has 75 heavy (non-hydrogen) atoms. The topological polar surface area (TPSA) is 238 Å². The smallest absolute Gasteiger partial charge is 0.315 e. The second-order valence-electron chi connectivity index (χ2n) is 18.6. The van der Waals surface area contributed by atoms with Crippen LogP contribution in [0.2, 0.25) is 0 Å². The Hall–Kier alpha value is -2.77. The van der Waals surface area contributed by atoms with E-state index in [1.54, 1.807) is 0 Å². The number of hydrogen-bond donors (Lipinski definition) is 5. The molecule has 0 spiro atoms. The van der Waals surface area contributed by atoms with Gasteiger partial charge in [-0.3, -0.25) is 14.4 Å². The van der Waals surface area contributed by atoms with Gasteiger partial charge in [-0.05, 0) is 44.9 Å². The lowest BCUT2D eigenvalue weighted by Crippen LogP contribution is -2.36. The number of rotatable bonds is 53. The number of thioether (sulfide) groups is 1. The van der Waals surface area contributed by atoms with E-state index >= 15 is 0 Å². The van der Waals surface area contributed by atoms with Crippen LogP contribution in [0.1, 0.15) is 96.8 Å². The summed E-state index contributed by atoms with van der Waals surface area (Å²) in [6.45, 7) is 13.3. The molecular weight excluding hydrogens is 993 g/mol. The summed E-state index contributed by atoms with van der Waals surface area (Å²) >= 11 is 1.90. The number of aliphatic hydroxyl groups excluding tert-OH is 1. The zero-order valence-electron chi connectivity index (χ0n) is 45.3. The number of ketones is 1. The summed E-state index contributed by atoms with van der Waals surface area (Å²) in [5, 5.41) is 22.5. The van der Waals surface area contributed by atoms with Gasteiger partial charge in [0.25, 0.3) is 0 Å². The SMILES string of the molecule is CCCCCC/C=C/[C@@H]1C(C/C=C\CCCC(=O)NCCOCCOCCOCCOCCOCCOCCOCCOCCOCCOCCOCCNC(=O)CCCC[C@H]2SCC3NC(=O)N[C@@H]32)C(=O)C[C@H]1O. The number of ether oxygens (including phenoxy) is 11. The number of amides is 4. The highest BCUT2D eigenvalue weighted by molar-refractivity contribution is 8.00. The molecule has 434 valence electrons. The fourth-order valence-electron chi connectivity index (χ4n) is 8.49. The van der Waals surface area contributed by atoms with Crippen LogP contribution in [0, 0.1) is 11.8 Å². The standard InChI is InChI=1S/C54H96N4O16S/c1-2-3-4-5-6-9-14-45-46(49(60)43-48(45)59)15-10-7-8-11-17-51(61)55-19-21-64-23-25-66-27-29-68-31-33-70-35-37-72-39-41-74-42-40-73-38-36-71-34-32-69-30-28-67-26-24-65-22-20-56-52(62)18-13-12-16-50-53-47(44-75-50)57-54(63)58-53/h7,9-10,14,45-48,50,53,59H,2-6,8,11-13,15-44H2,1H3,(H,55,61)(H,56,62)(H2,57,58,63)/b10-7-,14-9+/t45-,46?,47?,48-,50-,53+/m1/s1. The summed E-state index contributed by atoms with van der Waals surface area (Å²) in [4.78, 5) is 48.2. The van der Waals surface area contributed by atoms with E-state index in [9.17, 15) is 24.3 Å². The largest absolute Gasteiger partial charge is 0.392 e. The van der Waals surface area contributed by atoms with Gasteiger partial charge in [-0.25, -0.2) is 4.79 Å². The summed E-state index contributed by atoms with van der Waals surface area (Å²) in [5.74, 6) is 0.856. The molecule has 2 unspecified atom stereocenters. The van der Waals surface area contributed by atoms with Crippen molar-refractivity contribution < 1.29 is 76.4 Å². The zero-order chi connectivity index (χ0) is 53.5. The monoisotopic (exact) mass is 1090 g/mol. The average molecular weight is 1090 g/mol. The Morgan fingerprint density at radius 3 is 1.49 bits per heavy atom. The second kappa shape index (κ2) is 47.2. The van der Waals surface area contributed by atoms with E-state index in [0.29, 0.717) is 183 Å². The number of carbonyl (C=O) groups is 4. The summed E-state index contributed by atoms with van der Waals surface area (Å²) in [6.07, 6.45) is 19.6. The summed E-state index contributed by atoms with van der Waals surface area (Å²) < 4.78 is 60.8. The number of nitrogens with one attached hydrogen (secondary N) is 4. The molecule has 1 aliphatic carbocycles. The number of allylic oxidation sites excluding steroid dienone is 3. The van der Waals surface area contributed by atoms with Gasteiger partial charge >= 0.3 is 6.03 Å². The molecule has 4 amide bonds. The van der Waals surface area contributed by atoms with Crippen molar-refractivity contribution in [1.82, 2.24) is 21.3 Å². The van der Waals surface area contributed by atoms with Crippen LogP contribution in [0.3, 0.4) is 0 Å². The first-order valence-electron chi connectivity index (χ1n) is 28.0. The molecule has 2 saturated heterocycles. The van der Waals surface area contributed by atoms with Crippen molar-refractivity contribution in [2.75, 3.05) is 164 Å². The maximum Gasteiger partial charge on any atom is 0.315 e. The molecule has 0 aromatic heterocycles. The van der Waals surface area contributed by atoms with Crippen LogP contribution in [-0.4, -0.2) is 216 Å². The highest BCUT2D eigenvalue weighted by Crippen LogP contribution is 2.34. The first-order valence-corrected chi connectivity index (χ1v) is 29.0. The number of Topliss-reactive ketones (excluding diaryl/α,β-unsaturated/α-hetero) is 1. The molecular formula is C54H96N4O16S. The van der Waals surface area contributed by atoms with Crippen LogP contribution in [0.5, 0.6) is 0 Å². The molecule has 21 heteroatoms. The minimum atomic E-state index is -0.587. The van der Waals surface area contributed by atoms with Crippen molar-refractivity contribution in [3.63, 3.8) is 0 Å². The molecule has 6 atom stereocenters. The lowest BCUT2D eigenvalue weighted by Gasteiger charge is -2.16. The van der Waals surface area contributed by atoms with E-state index in [1.807, 2.05) is 23.9 Å². The molecule has 2 aliphatic heterocycles. The minimum Gasteiger partial charge on any atom is -0.392 e. The lowest BCUT2D eigenvalue weighted by molar-refractivity contribution is -0.122. The van der Waals surface area contributed by atoms with E-state index in [2.05, 4.69) is 40.3 Å². The molecule has 3 aliphatic rings. The van der Waals surface area contributed by atoms with E-state index in [-0.39, 0.29) is 54.0 Å². The predicted molar refractivity (Wildman–Crippen MR) is 287 cm³/mol. The van der Waals surface area contributed by atoms with Gasteiger partial charge in [-0.2, -0.15) is 11.8 Å². The van der Waals surface area contributed by atoms with Crippen LogP contribution in [0.25, 0.3) is 0 Å². The van der Waals surface area contributed by atoms with E-state index in [0.717, 1.165) is 50.7 Å². The zero-order valence-corrected chi connectivity index (χ0v) is 46.1. The Morgan fingerprint density at radius 1 is 0.560 bits per heavy atom. The van der Waals surface area contributed by atoms with Crippen molar-refractivity contribution in [3.05, 3.63) is 24.3 Å². The molecule has 1 saturated carbocycles. The number of urea groups is 1. The second-order valence-corrected chi connectivity index (χ2v) is 19.9. The number of hydrogen-bond acceptors (Lipinski definition) is 17. The van der Waals surface area contributed by atoms with Crippen molar-refractivity contribution >= 4 is 35.4 Å². The normalized spacial score (nSPS) is 20.4. The van der Waals surface area contributed by atoms with Gasteiger partial charge in [0.05, 0.1) is 164 Å². The summed E-state index contributed by atoms with van der Waals surface area (Å²) in [7, 11) is 0. The average Bonchev–Trinajstić information content (AvgIpc) is 4.05. The molecule has 2 heterocycles. The third-order valence-corrected chi connectivity index (χ3v) is 14.1. The maximum absolute atomic E-state index is 12.5. The Labute approximate surface area is 452 Å². The molecule has 3 fully saturated rings. The van der Waals surface area contributed by atoms with Crippen molar-refractivity contribution in [2.45, 2.75) is 120 Å². The predicted octanol–water partition coefficient (Wildman–Crippen LogP) is 4.34. The first kappa shape index (κ1) is 66.5. The third kappa shape index (κ3) is 35.4. The summed E-state index contributed by atoms with van der Waals surface area (Å²) in [5.41, 5.74) is 0. The van der Waals surface area contributed by atoms with Gasteiger partial charge in [0.2, 0.25) is 11.8 Å². The number of aliphatic hydroxyl groups is 1. The van der Waals surface area contributed by atoms with Crippen LogP contribution in [0.4, 0.5) is 4.79 Å². The molecule has 0 aromatic carbocycles. The Balaban J connectivity index is 0.908. The molecule has 0 aromatic rings. The van der Waals surface area contributed by atoms with E-state index in [1.165, 1.54) is 19.3 Å². The quantitative estimate of drug-likeness (QED) is 0.0324. The number of unbranched alkanes of at least 4 members (excludes halogenated alkanes) is 6. The Morgan fingerprint density at radius 2 is 1.01 bits per heavy atom. The van der Waals surface area contributed by atoms with Crippen molar-refractivity contribution in [3.8, 4) is 0 Å². The van der Waals surface area contributed by atoms with Gasteiger partial charge in [0.1, 0.15) is 5.78 Å². The van der Waals surface area contributed by atoms with Crippen LogP contribution < -0.4 is 21.3 Å². The van der Waals surface area contributed by atoms with Gasteiger partial charge < -0.3 is 78.5 Å². The fourth-order valence-corrected chi connectivity index (χ4v) is 10.0. The van der Waals surface area contributed by atoms with E-state index in [4.69, 9.17) is 52.1 Å². The fraction of sp³-hybridized carbons (Fsp3) is 0.852. The van der Waals surface area contributed by atoms with Gasteiger partial charge in [0.15, 0.2) is 0 Å². The van der Waals surface area contributed by atoms with Crippen LogP contribution in [-0.2, 0) is 66.5 Å². The molecule has 20 nitrogen and oxygen atoms in total. The lowest BCUT2D eigenvalue weighted by atomic mass is 9.90. The van der Waals surface area contributed by atoms with Crippen molar-refractivity contribution in [2.24, 2.45) is 11.8 Å². The van der Waals surface area contributed by atoms with Gasteiger partial charge in [-0.15, -0.1) is 0 Å². The highest BCUT2D eigenvalue weighted by atomic mass is 32.2. The van der Waals surface area contributed by atoms with Crippen LogP contribution >= 0.6 is 11.8 Å². The number of fused-ring (bicyclic) bond motifs is 1. The van der Waals surface area contributed by atoms with E-state index < -0.39 is 6.10 Å². The maximum atomic E-state index is 12.5. The Kier molecular flexibility index (Phi) is 41.9. The molecule has 0 bridgehead atoms. The van der Waals surface area contributed by atoms with Crippen molar-refractivity contribution in [1.29, 1.82) is 0 Å². The minimum absolute atomic E-state index is 0.00861. The Bertz CT molecular complexity index is 1500. The molecule has 3 rings (SSSR count). The number of carbonyl (C=O) groups excluding carboxylic acids is 4. The molecule has 5 N–H and O–H groups in total. The van der Waals surface area contributed by atoms with Gasteiger partial charge in [-0.1, -0.05) is 56.9 Å². The molecule has 0 radical (unpaired) electrons. The van der Waals surface area contributed by atoms with Gasteiger partial charge in [0, 0.05) is 55.2 Å². The highest BCUT2D eigenvalue weighted by Gasteiger charge is 2.42. The first-order chi connectivity index (χ1) is 36.9. The van der Waals surface area contributed by atoms with Crippen LogP contribution in [0.15, 0.2) is 24.3 Å². The third-order valence-electron chi connectivity index (χ3n) is 12.6. The summed E-state index contributed by atoms with van der Waals surface area (Å²) in [6, 6.07) is 0.388.